The first-order valence-corrected chi connectivity index (χ1v) is 4.12. The van der Waals surface area contributed by atoms with E-state index in [2.05, 4.69) is 13.7 Å². The van der Waals surface area contributed by atoms with Crippen molar-refractivity contribution in [2.75, 3.05) is 0 Å². The molecule has 0 saturated carbocycles. The zero-order chi connectivity index (χ0) is 9.07. The molecule has 0 aliphatic carbocycles. The fraction of sp³-hybridized carbons (Fsp3) is 1.00. The summed E-state index contributed by atoms with van der Waals surface area (Å²) in [7, 11) is 5.13. The van der Waals surface area contributed by atoms with Crippen LogP contribution < -0.4 is 0 Å². The maximum atomic E-state index is 5.13. The zero-order valence-electron chi connectivity index (χ0n) is 7.48. The second-order valence-electron chi connectivity index (χ2n) is 2.18. The Morgan fingerprint density at radius 2 is 1.33 bits per heavy atom. The van der Waals surface area contributed by atoms with Gasteiger partial charge in [-0.15, -0.1) is 0 Å². The van der Waals surface area contributed by atoms with E-state index in [1.54, 1.807) is 6.69 Å². The Kier molecular flexibility index (Phi) is 12.3. The number of hydrogen-bond donors (Lipinski definition) is 0. The van der Waals surface area contributed by atoms with Gasteiger partial charge in [-0.25, -0.2) is 0 Å². The summed E-state index contributed by atoms with van der Waals surface area (Å²) in [4.78, 5) is 0. The van der Waals surface area contributed by atoms with E-state index < -0.39 is 0 Å². The zero-order valence-corrected chi connectivity index (χ0v) is 7.48. The van der Waals surface area contributed by atoms with E-state index in [1.165, 1.54) is 6.69 Å². The molecule has 0 aliphatic rings. The van der Waals surface area contributed by atoms with Gasteiger partial charge in [0.2, 0.25) is 0 Å². The summed E-state index contributed by atoms with van der Waals surface area (Å²) in [6.07, 6.45) is 1.08. The van der Waals surface area contributed by atoms with E-state index in [4.69, 9.17) is 7.37 Å². The molecule has 43 valence electrons. The van der Waals surface area contributed by atoms with Crippen molar-refractivity contribution >= 4 is 67.7 Å². The van der Waals surface area contributed by atoms with Crippen molar-refractivity contribution in [2.45, 2.75) is 13.2 Å². The topological polar surface area (TPSA) is 0 Å². The van der Waals surface area contributed by atoms with Crippen molar-refractivity contribution in [2.24, 2.45) is 0 Å². The third-order valence-corrected chi connectivity index (χ3v) is 1.15. The van der Waals surface area contributed by atoms with Crippen LogP contribution in [0.25, 0.3) is 0 Å². The molecule has 0 aromatic rings. The van der Waals surface area contributed by atoms with Crippen molar-refractivity contribution in [3.63, 3.8) is 0 Å². The van der Waals surface area contributed by atoms with Crippen LogP contribution in [0.3, 0.4) is 0 Å². The Hall–Kier alpha value is 0.649. The van der Waals surface area contributed by atoms with Crippen LogP contribution in [-0.2, 0) is 0 Å². The van der Waals surface area contributed by atoms with Crippen molar-refractivity contribution < 1.29 is 0 Å². The van der Waals surface area contributed by atoms with Crippen molar-refractivity contribution in [1.29, 1.82) is 0 Å². The van der Waals surface area contributed by atoms with Gasteiger partial charge in [0.05, 0.1) is 0 Å². The number of hydrogen-bond acceptors (Lipinski definition) is 0. The molecule has 0 unspecified atom stereocenters. The molecular weight excluding hydrogens is 132 g/mol. The molecule has 0 aromatic heterocycles. The van der Waals surface area contributed by atoms with Gasteiger partial charge in [-0.1, -0.05) is 0 Å². The molecule has 0 nitrogen and oxygen atoms in total. The monoisotopic (exact) mass is 139 g/mol. The fourth-order valence-corrected chi connectivity index (χ4v) is 0.600. The van der Waals surface area contributed by atoms with Crippen LogP contribution in [0.1, 0.15) is 6.92 Å². The first-order valence-electron chi connectivity index (χ1n) is 4.12. The summed E-state index contributed by atoms with van der Waals surface area (Å²) in [6, 6.07) is 0. The van der Waals surface area contributed by atoms with Crippen LogP contribution in [0.5, 0.6) is 0 Å². The molecule has 0 aliphatic heterocycles. The average molecular weight is 137 g/mol. The summed E-state index contributed by atoms with van der Waals surface area (Å²) in [5, 5.41) is 0. The molecule has 0 fully saturated rings. The standard InChI is InChI=1S/C2H5B10/c1-2-4-6-8-10-12-11-9-7-5-3/h2H2,1H3. The first kappa shape index (κ1) is 12.6. The van der Waals surface area contributed by atoms with Crippen LogP contribution in [0, 0.1) is 0 Å². The Labute approximate surface area is 81.3 Å². The van der Waals surface area contributed by atoms with Crippen LogP contribution in [0.4, 0.5) is 0 Å². The molecule has 0 heterocycles. The SMILES string of the molecule is [B]=BB=BB=BB=BB=BCC. The summed E-state index contributed by atoms with van der Waals surface area (Å²) < 4.78 is 0. The quantitative estimate of drug-likeness (QED) is 0.358. The van der Waals surface area contributed by atoms with Gasteiger partial charge in [0.1, 0.15) is 0 Å². The van der Waals surface area contributed by atoms with Gasteiger partial charge >= 0.3 is 81.0 Å². The molecule has 0 rings (SSSR count). The third kappa shape index (κ3) is 10.6. The van der Waals surface area contributed by atoms with Crippen molar-refractivity contribution in [1.82, 2.24) is 0 Å². The minimum absolute atomic E-state index is 1.08. The second kappa shape index (κ2) is 11.6. The van der Waals surface area contributed by atoms with Gasteiger partial charge in [0.15, 0.2) is 0 Å². The fourth-order valence-electron chi connectivity index (χ4n) is 0.600. The molecule has 12 heavy (non-hydrogen) atoms. The molecule has 10 heteroatoms. The first-order chi connectivity index (χ1) is 5.91. The molecule has 0 N–H and O–H groups in total. The van der Waals surface area contributed by atoms with E-state index in [9.17, 15) is 0 Å². The van der Waals surface area contributed by atoms with Gasteiger partial charge in [-0.2, -0.15) is 0 Å². The van der Waals surface area contributed by atoms with Crippen LogP contribution in [-0.4, -0.2) is 67.7 Å². The molecule has 0 saturated heterocycles. The predicted octanol–water partition coefficient (Wildman–Crippen LogP) is -2.83. The van der Waals surface area contributed by atoms with Gasteiger partial charge in [-0.05, 0) is 0 Å². The Bertz CT molecular complexity index is 210. The van der Waals surface area contributed by atoms with Crippen molar-refractivity contribution in [3.8, 4) is 0 Å². The van der Waals surface area contributed by atoms with E-state index in [1.807, 2.05) is 40.2 Å². The molecule has 1 radical (unpaired) electrons. The molecule has 0 amide bonds. The normalized spacial score (nSPS) is 7.00. The molecule has 0 bridgehead atoms. The van der Waals surface area contributed by atoms with E-state index >= 15 is 0 Å². The van der Waals surface area contributed by atoms with E-state index in [0.29, 0.717) is 0 Å². The Morgan fingerprint density at radius 1 is 0.833 bits per heavy atom. The summed E-state index contributed by atoms with van der Waals surface area (Å²) in [5.74, 6) is 0. The minimum atomic E-state index is 1.08. The van der Waals surface area contributed by atoms with Gasteiger partial charge in [-0.3, -0.25) is 0 Å². The van der Waals surface area contributed by atoms with Gasteiger partial charge < -0.3 is 0 Å². The van der Waals surface area contributed by atoms with E-state index in [-0.39, 0.29) is 0 Å². The van der Waals surface area contributed by atoms with E-state index in [0.717, 1.165) is 6.32 Å². The van der Waals surface area contributed by atoms with Crippen LogP contribution in [0.15, 0.2) is 0 Å². The van der Waals surface area contributed by atoms with Crippen LogP contribution >= 0.6 is 0 Å². The summed E-state index contributed by atoms with van der Waals surface area (Å²) in [6.45, 7) is 19.3. The molecule has 0 aromatic carbocycles. The van der Waals surface area contributed by atoms with Gasteiger partial charge in [0.25, 0.3) is 0 Å². The summed E-state index contributed by atoms with van der Waals surface area (Å²) >= 11 is 0. The maximum absolute atomic E-state index is 5.13. The summed E-state index contributed by atoms with van der Waals surface area (Å²) in [5.41, 5.74) is 0. The molecule has 0 atom stereocenters. The number of rotatable bonds is 5. The third-order valence-electron chi connectivity index (χ3n) is 1.15. The predicted molar refractivity (Wildman–Crippen MR) is 68.0 cm³/mol. The average Bonchev–Trinajstić information content (AvgIpc) is 2.10. The van der Waals surface area contributed by atoms with Crippen LogP contribution in [0.2, 0.25) is 6.32 Å². The van der Waals surface area contributed by atoms with Crippen molar-refractivity contribution in [3.05, 3.63) is 0 Å². The van der Waals surface area contributed by atoms with Gasteiger partial charge in [0, 0.05) is 0 Å². The molecular formula is C2H5B10. The Balaban J connectivity index is 3.58. The second-order valence-corrected chi connectivity index (χ2v) is 2.18. The Morgan fingerprint density at radius 3 is 1.83 bits per heavy atom. The molecule has 0 spiro atoms.